The van der Waals surface area contributed by atoms with Crippen molar-refractivity contribution < 1.29 is 19.0 Å². The van der Waals surface area contributed by atoms with Gasteiger partial charge in [-0.15, -0.1) is 0 Å². The van der Waals surface area contributed by atoms with Gasteiger partial charge in [-0.05, 0) is 41.1 Å². The average molecular weight is 334 g/mol. The summed E-state index contributed by atoms with van der Waals surface area (Å²) in [5.74, 6) is -0.790. The highest BCUT2D eigenvalue weighted by atomic mass is 79.9. The first-order valence-electron chi connectivity index (χ1n) is 5.80. The van der Waals surface area contributed by atoms with Crippen LogP contribution in [0.1, 0.15) is 23.7 Å². The van der Waals surface area contributed by atoms with E-state index in [1.165, 1.54) is 18.2 Å². The third kappa shape index (κ3) is 5.26. The molecule has 1 unspecified atom stereocenters. The van der Waals surface area contributed by atoms with Gasteiger partial charge in [0.2, 0.25) is 0 Å². The molecule has 2 N–H and O–H groups in total. The summed E-state index contributed by atoms with van der Waals surface area (Å²) in [6, 6.07) is 4.00. The number of carbonyl (C=O) groups excluding carboxylic acids is 1. The molecular formula is C13H17BrFNO3. The second-order valence-corrected chi connectivity index (χ2v) is 5.41. The van der Waals surface area contributed by atoms with Crippen LogP contribution in [0.5, 0.6) is 0 Å². The van der Waals surface area contributed by atoms with Crippen LogP contribution >= 0.6 is 15.9 Å². The molecule has 1 aromatic carbocycles. The Balaban J connectivity index is 2.57. The lowest BCUT2D eigenvalue weighted by atomic mass is 10.0. The molecule has 19 heavy (non-hydrogen) atoms. The normalized spacial score (nSPS) is 13.9. The van der Waals surface area contributed by atoms with Crippen molar-refractivity contribution in [3.63, 3.8) is 0 Å². The quantitative estimate of drug-likeness (QED) is 0.838. The Bertz CT molecular complexity index is 452. The van der Waals surface area contributed by atoms with Gasteiger partial charge in [-0.2, -0.15) is 0 Å². The number of rotatable bonds is 6. The highest BCUT2D eigenvalue weighted by Crippen LogP contribution is 2.17. The Hall–Kier alpha value is -0.980. The fourth-order valence-electron chi connectivity index (χ4n) is 1.42. The molecule has 0 saturated heterocycles. The molecule has 1 aromatic rings. The Morgan fingerprint density at radius 3 is 2.84 bits per heavy atom. The second kappa shape index (κ2) is 6.98. The molecule has 1 rings (SSSR count). The molecule has 0 fully saturated rings. The van der Waals surface area contributed by atoms with E-state index in [2.05, 4.69) is 21.2 Å². The van der Waals surface area contributed by atoms with Crippen LogP contribution in [0, 0.1) is 5.82 Å². The van der Waals surface area contributed by atoms with Crippen LogP contribution in [0.15, 0.2) is 22.7 Å². The number of carbonyl (C=O) groups is 1. The standard InChI is InChI=1S/C13H17BrFNO3/c1-13(18,5-6-19-2)8-16-12(17)9-3-4-11(15)10(14)7-9/h3-4,7,18H,5-6,8H2,1-2H3,(H,16,17). The molecule has 0 saturated carbocycles. The molecule has 0 aliphatic rings. The lowest BCUT2D eigenvalue weighted by Gasteiger charge is -2.23. The lowest BCUT2D eigenvalue weighted by Crippen LogP contribution is -2.41. The molecule has 106 valence electrons. The van der Waals surface area contributed by atoms with Crippen LogP contribution in [0.25, 0.3) is 0 Å². The number of methoxy groups -OCH3 is 1. The molecule has 6 heteroatoms. The molecule has 4 nitrogen and oxygen atoms in total. The van der Waals surface area contributed by atoms with Crippen LogP contribution in [0.3, 0.4) is 0 Å². The van der Waals surface area contributed by atoms with Gasteiger partial charge in [0.25, 0.3) is 5.91 Å². The van der Waals surface area contributed by atoms with Crippen molar-refractivity contribution in [1.82, 2.24) is 5.32 Å². The largest absolute Gasteiger partial charge is 0.388 e. The highest BCUT2D eigenvalue weighted by molar-refractivity contribution is 9.10. The van der Waals surface area contributed by atoms with E-state index in [0.717, 1.165) is 0 Å². The number of aliphatic hydroxyl groups is 1. The minimum Gasteiger partial charge on any atom is -0.388 e. The number of halogens is 2. The summed E-state index contributed by atoms with van der Waals surface area (Å²) in [5.41, 5.74) is -0.709. The van der Waals surface area contributed by atoms with E-state index in [1.54, 1.807) is 14.0 Å². The van der Waals surface area contributed by atoms with Gasteiger partial charge in [0, 0.05) is 32.2 Å². The van der Waals surface area contributed by atoms with E-state index in [9.17, 15) is 14.3 Å². The summed E-state index contributed by atoms with van der Waals surface area (Å²) in [4.78, 5) is 11.8. The van der Waals surface area contributed by atoms with E-state index < -0.39 is 11.4 Å². The molecule has 0 radical (unpaired) electrons. The maximum atomic E-state index is 13.0. The van der Waals surface area contributed by atoms with Gasteiger partial charge in [0.05, 0.1) is 10.1 Å². The van der Waals surface area contributed by atoms with E-state index in [-0.39, 0.29) is 16.9 Å². The van der Waals surface area contributed by atoms with Crippen molar-refractivity contribution in [2.75, 3.05) is 20.3 Å². The summed E-state index contributed by atoms with van der Waals surface area (Å²) in [6.07, 6.45) is 0.414. The summed E-state index contributed by atoms with van der Waals surface area (Å²) in [5, 5.41) is 12.6. The average Bonchev–Trinajstić information content (AvgIpc) is 2.37. The summed E-state index contributed by atoms with van der Waals surface area (Å²) in [7, 11) is 1.55. The minimum absolute atomic E-state index is 0.101. The predicted octanol–water partition coefficient (Wildman–Crippen LogP) is 2.11. The SMILES string of the molecule is COCCC(C)(O)CNC(=O)c1ccc(F)c(Br)c1. The highest BCUT2D eigenvalue weighted by Gasteiger charge is 2.21. The zero-order chi connectivity index (χ0) is 14.5. The molecule has 0 heterocycles. The van der Waals surface area contributed by atoms with Gasteiger partial charge in [-0.1, -0.05) is 0 Å². The van der Waals surface area contributed by atoms with Crippen LogP contribution in [-0.2, 0) is 4.74 Å². The van der Waals surface area contributed by atoms with E-state index in [1.807, 2.05) is 0 Å². The molecule has 0 aromatic heterocycles. The Morgan fingerprint density at radius 1 is 1.58 bits per heavy atom. The van der Waals surface area contributed by atoms with Crippen LogP contribution < -0.4 is 5.32 Å². The third-order valence-corrected chi connectivity index (χ3v) is 3.26. The first kappa shape index (κ1) is 16.1. The van der Waals surface area contributed by atoms with Crippen molar-refractivity contribution in [3.8, 4) is 0 Å². The minimum atomic E-state index is -1.04. The number of amides is 1. The zero-order valence-electron chi connectivity index (χ0n) is 10.9. The van der Waals surface area contributed by atoms with Gasteiger partial charge in [-0.25, -0.2) is 4.39 Å². The van der Waals surface area contributed by atoms with Crippen molar-refractivity contribution >= 4 is 21.8 Å². The van der Waals surface area contributed by atoms with Crippen molar-refractivity contribution in [1.29, 1.82) is 0 Å². The molecule has 0 spiro atoms. The molecule has 0 aliphatic carbocycles. The lowest BCUT2D eigenvalue weighted by molar-refractivity contribution is 0.0243. The van der Waals surface area contributed by atoms with E-state index in [4.69, 9.17) is 4.74 Å². The van der Waals surface area contributed by atoms with Gasteiger partial charge in [0.1, 0.15) is 5.82 Å². The fraction of sp³-hybridized carbons (Fsp3) is 0.462. The number of nitrogens with one attached hydrogen (secondary N) is 1. The summed E-state index contributed by atoms with van der Waals surface area (Å²) >= 11 is 3.02. The first-order valence-corrected chi connectivity index (χ1v) is 6.59. The number of hydrogen-bond donors (Lipinski definition) is 2. The van der Waals surface area contributed by atoms with Gasteiger partial charge in [-0.3, -0.25) is 4.79 Å². The Kier molecular flexibility index (Phi) is 5.90. The second-order valence-electron chi connectivity index (χ2n) is 4.55. The number of ether oxygens (including phenoxy) is 1. The molecular weight excluding hydrogens is 317 g/mol. The summed E-state index contributed by atoms with van der Waals surface area (Å²) in [6.45, 7) is 2.13. The van der Waals surface area contributed by atoms with Crippen LogP contribution in [0.2, 0.25) is 0 Å². The maximum Gasteiger partial charge on any atom is 0.251 e. The molecule has 1 atom stereocenters. The van der Waals surface area contributed by atoms with Gasteiger partial charge >= 0.3 is 0 Å². The maximum absolute atomic E-state index is 13.0. The van der Waals surface area contributed by atoms with Crippen LogP contribution in [0.4, 0.5) is 4.39 Å². The van der Waals surface area contributed by atoms with Gasteiger partial charge < -0.3 is 15.2 Å². The number of hydrogen-bond acceptors (Lipinski definition) is 3. The first-order chi connectivity index (χ1) is 8.85. The Labute approximate surface area is 120 Å². The molecule has 0 aliphatic heterocycles. The van der Waals surface area contributed by atoms with Crippen molar-refractivity contribution in [3.05, 3.63) is 34.1 Å². The third-order valence-electron chi connectivity index (χ3n) is 2.66. The van der Waals surface area contributed by atoms with Crippen molar-refractivity contribution in [2.24, 2.45) is 0 Å². The number of benzene rings is 1. The monoisotopic (exact) mass is 333 g/mol. The van der Waals surface area contributed by atoms with E-state index >= 15 is 0 Å². The fourth-order valence-corrected chi connectivity index (χ4v) is 1.80. The molecule has 0 bridgehead atoms. The van der Waals surface area contributed by atoms with Gasteiger partial charge in [0.15, 0.2) is 0 Å². The zero-order valence-corrected chi connectivity index (χ0v) is 12.5. The molecule has 1 amide bonds. The van der Waals surface area contributed by atoms with Crippen molar-refractivity contribution in [2.45, 2.75) is 18.9 Å². The Morgan fingerprint density at radius 2 is 2.26 bits per heavy atom. The van der Waals surface area contributed by atoms with E-state index in [0.29, 0.717) is 18.6 Å². The summed E-state index contributed by atoms with van der Waals surface area (Å²) < 4.78 is 18.1. The smallest absolute Gasteiger partial charge is 0.251 e. The topological polar surface area (TPSA) is 58.6 Å². The predicted molar refractivity (Wildman–Crippen MR) is 73.6 cm³/mol. The van der Waals surface area contributed by atoms with Crippen LogP contribution in [-0.4, -0.2) is 36.9 Å².